The van der Waals surface area contributed by atoms with Crippen molar-refractivity contribution in [3.05, 3.63) is 137 Å². The minimum absolute atomic E-state index is 0.0115. The number of anilines is 1. The summed E-state index contributed by atoms with van der Waals surface area (Å²) in [7, 11) is 2.07. The second-order valence-corrected chi connectivity index (χ2v) is 12.6. The molecule has 4 aromatic carbocycles. The third-order valence-electron chi connectivity index (χ3n) is 8.99. The molecule has 1 unspecified atom stereocenters. The van der Waals surface area contributed by atoms with Crippen LogP contribution in [0.25, 0.3) is 0 Å². The molecule has 2 aliphatic heterocycles. The van der Waals surface area contributed by atoms with Crippen LogP contribution in [0, 0.1) is 5.92 Å². The van der Waals surface area contributed by atoms with E-state index in [0.717, 1.165) is 33.7 Å². The highest BCUT2D eigenvalue weighted by atomic mass is 16.7. The summed E-state index contributed by atoms with van der Waals surface area (Å²) in [6.45, 7) is 3.57. The van der Waals surface area contributed by atoms with Crippen molar-refractivity contribution in [2.24, 2.45) is 5.92 Å². The Labute approximate surface area is 286 Å². The second-order valence-electron chi connectivity index (χ2n) is 12.6. The lowest BCUT2D eigenvalue weighted by atomic mass is 9.90. The highest BCUT2D eigenvalue weighted by Gasteiger charge is 2.42. The zero-order valence-corrected chi connectivity index (χ0v) is 27.6. The van der Waals surface area contributed by atoms with Gasteiger partial charge in [-0.05, 0) is 41.4 Å². The molecule has 2 saturated heterocycles. The number of aliphatic hydroxyl groups excluding tert-OH is 1. The third-order valence-corrected chi connectivity index (χ3v) is 8.99. The highest BCUT2D eigenvalue weighted by Crippen LogP contribution is 2.42. The van der Waals surface area contributed by atoms with Gasteiger partial charge in [-0.2, -0.15) is 0 Å². The molecule has 6 rings (SSSR count). The average Bonchev–Trinajstić information content (AvgIpc) is 3.40. The minimum atomic E-state index is -1.02. The van der Waals surface area contributed by atoms with E-state index in [-0.39, 0.29) is 37.8 Å². The Morgan fingerprint density at radius 1 is 0.857 bits per heavy atom. The maximum atomic E-state index is 13.2. The fourth-order valence-corrected chi connectivity index (χ4v) is 6.30. The summed E-state index contributed by atoms with van der Waals surface area (Å²) in [5.74, 6) is -0.934. The Morgan fingerprint density at radius 3 is 2.14 bits per heavy atom. The van der Waals surface area contributed by atoms with Gasteiger partial charge in [0.05, 0.1) is 30.9 Å². The number of ether oxygens (including phenoxy) is 3. The molecule has 2 N–H and O–H groups in total. The lowest BCUT2D eigenvalue weighted by Gasteiger charge is -2.42. The zero-order chi connectivity index (χ0) is 34.3. The fraction of sp³-hybridized carbons (Fsp3) is 0.308. The smallest absolute Gasteiger partial charge is 0.408 e. The van der Waals surface area contributed by atoms with Crippen molar-refractivity contribution >= 4 is 23.6 Å². The van der Waals surface area contributed by atoms with Crippen molar-refractivity contribution in [2.45, 2.75) is 57.6 Å². The fourth-order valence-electron chi connectivity index (χ4n) is 6.30. The van der Waals surface area contributed by atoms with Gasteiger partial charge in [0.15, 0.2) is 6.29 Å². The number of carbonyl (C=O) groups excluding carboxylic acids is 3. The summed E-state index contributed by atoms with van der Waals surface area (Å²) in [6.07, 6.45) is -2.09. The molecular weight excluding hydrogens is 622 g/mol. The molecule has 0 saturated carbocycles. The standard InChI is InChI=1S/C39H41N3O7/c1-26-34(23-41(2)22-27-9-5-3-6-10-27)48-38(49-36(26)30-15-13-28(24-43)14-16-30)31-17-19-32(20-18-31)42-35(44)21-33(37(42)45)40-39(46)47-25-29-11-7-4-8-12-29/h3-20,26,33-34,36,38,43H,21-25H2,1-2H3,(H,40,46)/t26-,33?,34+,36+,38+/m1/s1. The SMILES string of the molecule is C[C@@H]1[C@H](CN(C)Cc2ccccc2)O[C@H](c2ccc(N3C(=O)CC(NC(=O)OCc4ccccc4)C3=O)cc2)O[C@@H]1c1ccc(CO)cc1. The number of alkyl carbamates (subject to hydrolysis) is 1. The molecule has 254 valence electrons. The molecule has 2 fully saturated rings. The van der Waals surface area contributed by atoms with Crippen molar-refractivity contribution < 1.29 is 33.7 Å². The van der Waals surface area contributed by atoms with Crippen LogP contribution >= 0.6 is 0 Å². The number of imide groups is 1. The molecule has 0 radical (unpaired) electrons. The number of nitrogens with one attached hydrogen (secondary N) is 1. The van der Waals surface area contributed by atoms with E-state index in [1.54, 1.807) is 24.3 Å². The van der Waals surface area contributed by atoms with Gasteiger partial charge >= 0.3 is 6.09 Å². The van der Waals surface area contributed by atoms with Gasteiger partial charge in [-0.15, -0.1) is 0 Å². The molecule has 2 heterocycles. The summed E-state index contributed by atoms with van der Waals surface area (Å²) in [5.41, 5.74) is 4.95. The molecule has 4 aromatic rings. The minimum Gasteiger partial charge on any atom is -0.445 e. The van der Waals surface area contributed by atoms with Crippen LogP contribution in [0.15, 0.2) is 109 Å². The first-order chi connectivity index (χ1) is 23.8. The van der Waals surface area contributed by atoms with Crippen molar-refractivity contribution in [2.75, 3.05) is 18.5 Å². The van der Waals surface area contributed by atoms with Crippen LogP contribution in [0.2, 0.25) is 0 Å². The Bertz CT molecular complexity index is 1720. The number of hydrogen-bond donors (Lipinski definition) is 2. The van der Waals surface area contributed by atoms with Crippen molar-refractivity contribution in [1.82, 2.24) is 10.2 Å². The van der Waals surface area contributed by atoms with E-state index in [4.69, 9.17) is 14.2 Å². The van der Waals surface area contributed by atoms with E-state index in [0.29, 0.717) is 12.2 Å². The van der Waals surface area contributed by atoms with Crippen LogP contribution in [0.5, 0.6) is 0 Å². The Kier molecular flexibility index (Phi) is 10.8. The average molecular weight is 664 g/mol. The maximum absolute atomic E-state index is 13.2. The molecule has 0 bridgehead atoms. The van der Waals surface area contributed by atoms with Crippen molar-refractivity contribution in [3.63, 3.8) is 0 Å². The number of aliphatic hydroxyl groups is 1. The van der Waals surface area contributed by atoms with Gasteiger partial charge in [0.25, 0.3) is 5.91 Å². The molecular formula is C39H41N3O7. The van der Waals surface area contributed by atoms with Crippen LogP contribution in [0.4, 0.5) is 10.5 Å². The highest BCUT2D eigenvalue weighted by molar-refractivity contribution is 6.22. The monoisotopic (exact) mass is 663 g/mol. The third kappa shape index (κ3) is 8.23. The van der Waals surface area contributed by atoms with Crippen LogP contribution < -0.4 is 10.2 Å². The Hall–Kier alpha value is -4.87. The van der Waals surface area contributed by atoms with Gasteiger partial charge in [0.1, 0.15) is 12.6 Å². The van der Waals surface area contributed by atoms with E-state index in [9.17, 15) is 19.5 Å². The predicted octanol–water partition coefficient (Wildman–Crippen LogP) is 5.66. The molecule has 49 heavy (non-hydrogen) atoms. The van der Waals surface area contributed by atoms with Gasteiger partial charge in [-0.25, -0.2) is 9.69 Å². The summed E-state index contributed by atoms with van der Waals surface area (Å²) >= 11 is 0. The summed E-state index contributed by atoms with van der Waals surface area (Å²) < 4.78 is 18.4. The largest absolute Gasteiger partial charge is 0.445 e. The first-order valence-electron chi connectivity index (χ1n) is 16.5. The summed E-state index contributed by atoms with van der Waals surface area (Å²) in [5, 5.41) is 12.1. The summed E-state index contributed by atoms with van der Waals surface area (Å²) in [6, 6.07) is 33.2. The Morgan fingerprint density at radius 2 is 1.49 bits per heavy atom. The van der Waals surface area contributed by atoms with Crippen LogP contribution in [-0.4, -0.2) is 53.7 Å². The number of likely N-dealkylation sites (N-methyl/N-ethyl adjacent to an activating group) is 1. The topological polar surface area (TPSA) is 118 Å². The van der Waals surface area contributed by atoms with E-state index < -0.39 is 30.2 Å². The lowest BCUT2D eigenvalue weighted by molar-refractivity contribution is -0.276. The Balaban J connectivity index is 1.14. The van der Waals surface area contributed by atoms with Crippen LogP contribution in [0.3, 0.4) is 0 Å². The van der Waals surface area contributed by atoms with E-state index >= 15 is 0 Å². The quantitative estimate of drug-likeness (QED) is 0.198. The van der Waals surface area contributed by atoms with Crippen molar-refractivity contribution in [3.8, 4) is 0 Å². The van der Waals surface area contributed by atoms with Gasteiger partial charge < -0.3 is 24.6 Å². The van der Waals surface area contributed by atoms with E-state index in [1.165, 1.54) is 5.56 Å². The number of carbonyl (C=O) groups is 3. The molecule has 10 heteroatoms. The first kappa shape index (κ1) is 34.0. The maximum Gasteiger partial charge on any atom is 0.408 e. The second kappa shape index (κ2) is 15.6. The first-order valence-corrected chi connectivity index (χ1v) is 16.5. The van der Waals surface area contributed by atoms with E-state index in [2.05, 4.69) is 36.3 Å². The van der Waals surface area contributed by atoms with Gasteiger partial charge in [0.2, 0.25) is 5.91 Å². The summed E-state index contributed by atoms with van der Waals surface area (Å²) in [4.78, 5) is 41.9. The van der Waals surface area contributed by atoms with Gasteiger partial charge in [-0.3, -0.25) is 14.5 Å². The molecule has 0 spiro atoms. The van der Waals surface area contributed by atoms with E-state index in [1.807, 2.05) is 72.8 Å². The number of hydrogen-bond acceptors (Lipinski definition) is 8. The van der Waals surface area contributed by atoms with Crippen LogP contribution in [0.1, 0.15) is 53.6 Å². The van der Waals surface area contributed by atoms with Gasteiger partial charge in [0, 0.05) is 24.6 Å². The van der Waals surface area contributed by atoms with Crippen molar-refractivity contribution in [1.29, 1.82) is 0 Å². The number of amides is 3. The molecule has 5 atom stereocenters. The molecule has 2 aliphatic rings. The van der Waals surface area contributed by atoms with Crippen LogP contribution in [-0.2, 0) is 43.6 Å². The number of rotatable bonds is 11. The lowest BCUT2D eigenvalue weighted by Crippen LogP contribution is -2.43. The van der Waals surface area contributed by atoms with Gasteiger partial charge in [-0.1, -0.05) is 104 Å². The molecule has 0 aliphatic carbocycles. The number of nitrogens with zero attached hydrogens (tertiary/aromatic N) is 2. The molecule has 0 aromatic heterocycles. The normalized spacial score (nSPS) is 22.4. The molecule has 3 amide bonds. The zero-order valence-electron chi connectivity index (χ0n) is 27.6. The number of benzene rings is 4. The predicted molar refractivity (Wildman–Crippen MR) is 183 cm³/mol. The molecule has 10 nitrogen and oxygen atoms in total.